The van der Waals surface area contributed by atoms with Crippen molar-refractivity contribution in [2.45, 2.75) is 0 Å². The van der Waals surface area contributed by atoms with Gasteiger partial charge in [0.2, 0.25) is 0 Å². The van der Waals surface area contributed by atoms with Gasteiger partial charge in [0.05, 0.1) is 11.4 Å². The van der Waals surface area contributed by atoms with Crippen molar-refractivity contribution >= 4 is 63.8 Å². The van der Waals surface area contributed by atoms with Crippen molar-refractivity contribution in [1.29, 1.82) is 0 Å². The Morgan fingerprint density at radius 2 is 0.800 bits per heavy atom. The molecule has 0 aliphatic rings. The Hall–Kier alpha value is -6.94. The van der Waals surface area contributed by atoms with E-state index in [4.69, 9.17) is 4.98 Å². The third-order valence-electron chi connectivity index (χ3n) is 11.0. The summed E-state index contributed by atoms with van der Waals surface area (Å²) in [5, 5.41) is 10.5. The highest BCUT2D eigenvalue weighted by Gasteiger charge is 2.16. The van der Waals surface area contributed by atoms with Crippen molar-refractivity contribution in [1.82, 2.24) is 9.97 Å². The molecule has 0 N–H and O–H groups in total. The minimum Gasteiger partial charge on any atom is -0.265 e. The fraction of sp³-hybridized carbons (Fsp3) is 0. The number of pyridine rings is 2. The first-order chi connectivity index (χ1) is 27.2. The zero-order valence-corrected chi connectivity index (χ0v) is 30.6. The summed E-state index contributed by atoms with van der Waals surface area (Å²) < 4.78 is 2.66. The van der Waals surface area contributed by atoms with Crippen molar-refractivity contribution in [2.24, 2.45) is 0 Å². The van der Waals surface area contributed by atoms with E-state index in [1.807, 2.05) is 35.9 Å². The molecule has 0 unspecified atom stereocenters. The molecule has 0 aliphatic heterocycles. The van der Waals surface area contributed by atoms with Gasteiger partial charge in [-0.3, -0.25) is 4.98 Å². The van der Waals surface area contributed by atoms with Gasteiger partial charge in [0.1, 0.15) is 0 Å². The van der Waals surface area contributed by atoms with Crippen molar-refractivity contribution in [3.8, 4) is 55.9 Å². The first-order valence-electron chi connectivity index (χ1n) is 18.6. The van der Waals surface area contributed by atoms with Gasteiger partial charge in [0.25, 0.3) is 0 Å². The largest absolute Gasteiger partial charge is 0.265 e. The molecule has 0 saturated carbocycles. The molecule has 0 fully saturated rings. The fourth-order valence-electron chi connectivity index (χ4n) is 8.27. The van der Waals surface area contributed by atoms with E-state index in [1.54, 1.807) is 0 Å². The second-order valence-corrected chi connectivity index (χ2v) is 15.2. The van der Waals surface area contributed by atoms with Crippen LogP contribution in [0.5, 0.6) is 0 Å². The van der Waals surface area contributed by atoms with Gasteiger partial charge in [0.15, 0.2) is 0 Å². The number of rotatable bonds is 5. The maximum atomic E-state index is 5.24. The number of hydrogen-bond acceptors (Lipinski definition) is 3. The molecule has 0 radical (unpaired) electrons. The molecule has 55 heavy (non-hydrogen) atoms. The van der Waals surface area contributed by atoms with Gasteiger partial charge in [-0.25, -0.2) is 4.98 Å². The van der Waals surface area contributed by atoms with Gasteiger partial charge in [-0.05, 0) is 108 Å². The Kier molecular flexibility index (Phi) is 7.39. The van der Waals surface area contributed by atoms with E-state index in [9.17, 15) is 0 Å². The summed E-state index contributed by atoms with van der Waals surface area (Å²) in [5.41, 5.74) is 11.1. The highest BCUT2D eigenvalue weighted by atomic mass is 32.1. The zero-order chi connectivity index (χ0) is 36.3. The minimum absolute atomic E-state index is 0.947. The third-order valence-corrected chi connectivity index (χ3v) is 12.1. The van der Waals surface area contributed by atoms with E-state index in [2.05, 4.69) is 175 Å². The van der Waals surface area contributed by atoms with Crippen LogP contribution in [0.1, 0.15) is 0 Å². The Labute approximate surface area is 322 Å². The van der Waals surface area contributed by atoms with Gasteiger partial charge in [-0.2, -0.15) is 0 Å². The van der Waals surface area contributed by atoms with Crippen LogP contribution in [-0.2, 0) is 0 Å². The summed E-state index contributed by atoms with van der Waals surface area (Å²) in [7, 11) is 0. The zero-order valence-electron chi connectivity index (χ0n) is 29.8. The van der Waals surface area contributed by atoms with Gasteiger partial charge in [0, 0.05) is 43.7 Å². The number of benzene rings is 8. The highest BCUT2D eigenvalue weighted by Crippen LogP contribution is 2.45. The molecule has 11 rings (SSSR count). The van der Waals surface area contributed by atoms with Crippen LogP contribution in [0.15, 0.2) is 194 Å². The standard InChI is InChI=1S/C52H32N2S/c1-2-8-33(9-3-1)40-31-47(37-18-14-34(15-19-37)36-26-28-53-29-27-36)54-48(32-40)38-20-16-35(17-21-38)39-22-23-44-46(30-39)42-11-5-4-10-41(42)43-24-25-50-52(51(43)44)45-12-6-7-13-49(45)55-50/h1-32H. The third kappa shape index (κ3) is 5.40. The monoisotopic (exact) mass is 716 g/mol. The lowest BCUT2D eigenvalue weighted by Crippen LogP contribution is -1.92. The van der Waals surface area contributed by atoms with E-state index in [-0.39, 0.29) is 0 Å². The number of hydrogen-bond donors (Lipinski definition) is 0. The first-order valence-corrected chi connectivity index (χ1v) is 19.4. The van der Waals surface area contributed by atoms with Crippen LogP contribution in [0.4, 0.5) is 0 Å². The SMILES string of the molecule is c1ccc(-c2cc(-c3ccc(-c4ccncc4)cc3)nc(-c3ccc(-c4ccc5c(c4)c4ccccc4c4ccc6sc7ccccc7c6c45)cc3)c2)cc1. The minimum atomic E-state index is 0.947. The lowest BCUT2D eigenvalue weighted by Gasteiger charge is -2.14. The number of nitrogens with zero attached hydrogens (tertiary/aromatic N) is 2. The summed E-state index contributed by atoms with van der Waals surface area (Å²) in [4.78, 5) is 9.42. The molecule has 0 aliphatic carbocycles. The lowest BCUT2D eigenvalue weighted by molar-refractivity contribution is 1.32. The van der Waals surface area contributed by atoms with Gasteiger partial charge in [-0.15, -0.1) is 11.3 Å². The van der Waals surface area contributed by atoms with E-state index in [0.29, 0.717) is 0 Å². The molecule has 11 aromatic rings. The van der Waals surface area contributed by atoms with E-state index >= 15 is 0 Å². The first kappa shape index (κ1) is 31.6. The number of fused-ring (bicyclic) bond motifs is 10. The molecule has 0 atom stereocenters. The maximum Gasteiger partial charge on any atom is 0.0715 e. The molecular formula is C52H32N2S. The van der Waals surface area contributed by atoms with Gasteiger partial charge >= 0.3 is 0 Å². The second-order valence-electron chi connectivity index (χ2n) is 14.1. The molecule has 256 valence electrons. The van der Waals surface area contributed by atoms with Crippen molar-refractivity contribution in [3.05, 3.63) is 194 Å². The molecule has 3 heteroatoms. The van der Waals surface area contributed by atoms with Crippen molar-refractivity contribution in [3.63, 3.8) is 0 Å². The number of aromatic nitrogens is 2. The molecule has 0 bridgehead atoms. The molecule has 8 aromatic carbocycles. The summed E-state index contributed by atoms with van der Waals surface area (Å²) in [6, 6.07) is 66.0. The Morgan fingerprint density at radius 3 is 1.51 bits per heavy atom. The van der Waals surface area contributed by atoms with E-state index in [0.717, 1.165) is 39.2 Å². The predicted octanol–water partition coefficient (Wildman–Crippen LogP) is 14.6. The topological polar surface area (TPSA) is 25.8 Å². The fourth-order valence-corrected chi connectivity index (χ4v) is 9.39. The van der Waals surface area contributed by atoms with Crippen LogP contribution < -0.4 is 0 Å². The van der Waals surface area contributed by atoms with Crippen molar-refractivity contribution < 1.29 is 0 Å². The van der Waals surface area contributed by atoms with Crippen molar-refractivity contribution in [2.75, 3.05) is 0 Å². The maximum absolute atomic E-state index is 5.24. The molecule has 3 aromatic heterocycles. The highest BCUT2D eigenvalue weighted by molar-refractivity contribution is 7.26. The van der Waals surface area contributed by atoms with Gasteiger partial charge < -0.3 is 0 Å². The predicted molar refractivity (Wildman–Crippen MR) is 235 cm³/mol. The van der Waals surface area contributed by atoms with Crippen LogP contribution in [0.25, 0.3) is 108 Å². The molecule has 3 heterocycles. The summed E-state index contributed by atoms with van der Waals surface area (Å²) in [6.07, 6.45) is 3.66. The average Bonchev–Trinajstić information content (AvgIpc) is 3.66. The average molecular weight is 717 g/mol. The van der Waals surface area contributed by atoms with Crippen LogP contribution in [0.2, 0.25) is 0 Å². The normalized spacial score (nSPS) is 11.6. The molecule has 0 saturated heterocycles. The van der Waals surface area contributed by atoms with E-state index in [1.165, 1.54) is 69.2 Å². The lowest BCUT2D eigenvalue weighted by atomic mass is 9.90. The molecule has 2 nitrogen and oxygen atoms in total. The molecular weight excluding hydrogens is 685 g/mol. The second kappa shape index (κ2) is 12.9. The molecule has 0 spiro atoms. The van der Waals surface area contributed by atoms with Gasteiger partial charge in [-0.1, -0.05) is 140 Å². The van der Waals surface area contributed by atoms with Crippen LogP contribution in [0.3, 0.4) is 0 Å². The summed E-state index contributed by atoms with van der Waals surface area (Å²) in [6.45, 7) is 0. The summed E-state index contributed by atoms with van der Waals surface area (Å²) in [5.74, 6) is 0. The quantitative estimate of drug-likeness (QED) is 0.166. The smallest absolute Gasteiger partial charge is 0.0715 e. The number of thiophene rings is 1. The summed E-state index contributed by atoms with van der Waals surface area (Å²) >= 11 is 1.88. The van der Waals surface area contributed by atoms with Crippen LogP contribution >= 0.6 is 11.3 Å². The Morgan fingerprint density at radius 1 is 0.291 bits per heavy atom. The van der Waals surface area contributed by atoms with E-state index < -0.39 is 0 Å². The van der Waals surface area contributed by atoms with Crippen LogP contribution in [0, 0.1) is 0 Å². The molecule has 0 amide bonds. The van der Waals surface area contributed by atoms with Crippen LogP contribution in [-0.4, -0.2) is 9.97 Å². The Bertz CT molecular complexity index is 3220. The Balaban J connectivity index is 1.02.